The third-order valence-corrected chi connectivity index (χ3v) is 5.18. The minimum atomic E-state index is -0.704. The Morgan fingerprint density at radius 3 is 2.86 bits per heavy atom. The molecule has 2 aliphatic rings. The Balaban J connectivity index is 2.10. The molecule has 0 bridgehead atoms. The van der Waals surface area contributed by atoms with Crippen molar-refractivity contribution >= 4 is 5.97 Å². The lowest BCUT2D eigenvalue weighted by Gasteiger charge is -2.48. The van der Waals surface area contributed by atoms with Crippen molar-refractivity contribution in [3.05, 3.63) is 29.3 Å². The van der Waals surface area contributed by atoms with Gasteiger partial charge in [0.25, 0.3) is 0 Å². The summed E-state index contributed by atoms with van der Waals surface area (Å²) in [6.07, 6.45) is 3.88. The summed E-state index contributed by atoms with van der Waals surface area (Å²) in [5, 5.41) is 9.29. The van der Waals surface area contributed by atoms with Crippen LogP contribution in [0.5, 0.6) is 5.75 Å². The maximum Gasteiger partial charge on any atom is 0.303 e. The zero-order valence-electron chi connectivity index (χ0n) is 12.4. The average Bonchev–Trinajstić information content (AvgIpc) is 2.50. The molecular formula is C17H22O4. The van der Waals surface area contributed by atoms with Crippen LogP contribution in [0.1, 0.15) is 36.8 Å². The van der Waals surface area contributed by atoms with E-state index >= 15 is 0 Å². The van der Waals surface area contributed by atoms with E-state index in [4.69, 9.17) is 9.47 Å². The van der Waals surface area contributed by atoms with Gasteiger partial charge in [0.1, 0.15) is 5.75 Å². The van der Waals surface area contributed by atoms with Crippen LogP contribution in [-0.2, 0) is 21.4 Å². The van der Waals surface area contributed by atoms with E-state index < -0.39 is 5.97 Å². The third-order valence-electron chi connectivity index (χ3n) is 5.18. The van der Waals surface area contributed by atoms with Crippen LogP contribution < -0.4 is 4.74 Å². The summed E-state index contributed by atoms with van der Waals surface area (Å²) in [7, 11) is 1.70. The van der Waals surface area contributed by atoms with Crippen LogP contribution >= 0.6 is 0 Å². The van der Waals surface area contributed by atoms with Gasteiger partial charge in [0, 0.05) is 30.6 Å². The number of rotatable bonds is 3. The second-order valence-corrected chi connectivity index (χ2v) is 6.10. The maximum atomic E-state index is 11.3. The number of hydrogen-bond donors (Lipinski definition) is 1. The van der Waals surface area contributed by atoms with Gasteiger partial charge in [-0.3, -0.25) is 4.79 Å². The van der Waals surface area contributed by atoms with E-state index in [0.29, 0.717) is 13.2 Å². The summed E-state index contributed by atoms with van der Waals surface area (Å²) in [4.78, 5) is 11.3. The van der Waals surface area contributed by atoms with E-state index in [2.05, 4.69) is 6.07 Å². The van der Waals surface area contributed by atoms with Crippen LogP contribution in [-0.4, -0.2) is 31.4 Å². The molecule has 0 aromatic heterocycles. The second-order valence-electron chi connectivity index (χ2n) is 6.10. The number of ether oxygens (including phenoxy) is 2. The Bertz CT molecular complexity index is 517. The topological polar surface area (TPSA) is 55.8 Å². The van der Waals surface area contributed by atoms with Crippen LogP contribution in [0.25, 0.3) is 0 Å². The number of carboxylic acid groups (broad SMARTS) is 1. The molecule has 1 N–H and O–H groups in total. The molecule has 1 spiro atoms. The summed E-state index contributed by atoms with van der Waals surface area (Å²) in [5.41, 5.74) is 2.46. The van der Waals surface area contributed by atoms with Crippen molar-refractivity contribution in [1.29, 1.82) is 0 Å². The van der Waals surface area contributed by atoms with Gasteiger partial charge < -0.3 is 14.6 Å². The third kappa shape index (κ3) is 2.42. The molecule has 4 nitrogen and oxygen atoms in total. The van der Waals surface area contributed by atoms with Crippen LogP contribution in [0.4, 0.5) is 0 Å². The van der Waals surface area contributed by atoms with Crippen LogP contribution in [0, 0.1) is 5.92 Å². The fourth-order valence-corrected chi connectivity index (χ4v) is 4.23. The second kappa shape index (κ2) is 5.68. The van der Waals surface area contributed by atoms with Crippen LogP contribution in [0.3, 0.4) is 0 Å². The molecule has 1 saturated heterocycles. The Kier molecular flexibility index (Phi) is 3.89. The first-order chi connectivity index (χ1) is 10.2. The standard InChI is InChI=1S/C17H22O4/c1-20-14-4-2-3-12-5-6-13(11-15(18)19)17(16(12)14)7-9-21-10-8-17/h2-4,13H,5-11H2,1H3,(H,18,19). The van der Waals surface area contributed by atoms with Crippen LogP contribution in [0.2, 0.25) is 0 Å². The van der Waals surface area contributed by atoms with Gasteiger partial charge in [-0.1, -0.05) is 12.1 Å². The van der Waals surface area contributed by atoms with Gasteiger partial charge >= 0.3 is 5.97 Å². The predicted octanol–water partition coefficient (Wildman–Crippen LogP) is 2.78. The number of aryl methyl sites for hydroxylation is 1. The van der Waals surface area contributed by atoms with Crippen molar-refractivity contribution in [2.75, 3.05) is 20.3 Å². The number of methoxy groups -OCH3 is 1. The van der Waals surface area contributed by atoms with Crippen molar-refractivity contribution in [2.24, 2.45) is 5.92 Å². The Labute approximate surface area is 125 Å². The zero-order chi connectivity index (χ0) is 14.9. The molecule has 1 aromatic carbocycles. The highest BCUT2D eigenvalue weighted by atomic mass is 16.5. The predicted molar refractivity (Wildman–Crippen MR) is 78.8 cm³/mol. The van der Waals surface area contributed by atoms with E-state index in [1.807, 2.05) is 12.1 Å². The first kappa shape index (κ1) is 14.4. The fourth-order valence-electron chi connectivity index (χ4n) is 4.23. The molecule has 1 aliphatic heterocycles. The lowest BCUT2D eigenvalue weighted by atomic mass is 9.58. The van der Waals surface area contributed by atoms with E-state index in [0.717, 1.165) is 31.4 Å². The van der Waals surface area contributed by atoms with Crippen molar-refractivity contribution < 1.29 is 19.4 Å². The van der Waals surface area contributed by atoms with Crippen molar-refractivity contribution in [3.63, 3.8) is 0 Å². The number of hydrogen-bond acceptors (Lipinski definition) is 3. The normalized spacial score (nSPS) is 23.6. The summed E-state index contributed by atoms with van der Waals surface area (Å²) >= 11 is 0. The number of fused-ring (bicyclic) bond motifs is 2. The smallest absolute Gasteiger partial charge is 0.303 e. The van der Waals surface area contributed by atoms with Gasteiger partial charge in [-0.15, -0.1) is 0 Å². The molecular weight excluding hydrogens is 268 g/mol. The maximum absolute atomic E-state index is 11.3. The first-order valence-corrected chi connectivity index (χ1v) is 7.63. The molecule has 0 amide bonds. The zero-order valence-corrected chi connectivity index (χ0v) is 12.4. The highest BCUT2D eigenvalue weighted by Gasteiger charge is 2.47. The Morgan fingerprint density at radius 1 is 1.43 bits per heavy atom. The lowest BCUT2D eigenvalue weighted by Crippen LogP contribution is -2.45. The molecule has 4 heteroatoms. The summed E-state index contributed by atoms with van der Waals surface area (Å²) in [5.74, 6) is 0.372. The van der Waals surface area contributed by atoms with E-state index in [9.17, 15) is 9.90 Å². The highest BCUT2D eigenvalue weighted by molar-refractivity contribution is 5.68. The molecule has 3 rings (SSSR count). The van der Waals surface area contributed by atoms with Gasteiger partial charge in [-0.05, 0) is 43.2 Å². The first-order valence-electron chi connectivity index (χ1n) is 7.63. The highest BCUT2D eigenvalue weighted by Crippen LogP contribution is 2.52. The Hall–Kier alpha value is -1.55. The number of carbonyl (C=O) groups is 1. The van der Waals surface area contributed by atoms with Gasteiger partial charge in [-0.25, -0.2) is 0 Å². The van der Waals surface area contributed by atoms with Gasteiger partial charge in [0.2, 0.25) is 0 Å². The molecule has 1 unspecified atom stereocenters. The molecule has 114 valence electrons. The molecule has 21 heavy (non-hydrogen) atoms. The molecule has 1 heterocycles. The van der Waals surface area contributed by atoms with Gasteiger partial charge in [0.05, 0.1) is 7.11 Å². The van der Waals surface area contributed by atoms with Crippen molar-refractivity contribution in [2.45, 2.75) is 37.5 Å². The van der Waals surface area contributed by atoms with Crippen molar-refractivity contribution in [3.8, 4) is 5.75 Å². The lowest BCUT2D eigenvalue weighted by molar-refractivity contribution is -0.139. The molecule has 1 fully saturated rings. The molecule has 1 aliphatic carbocycles. The molecule has 1 atom stereocenters. The summed E-state index contributed by atoms with van der Waals surface area (Å²) < 4.78 is 11.2. The summed E-state index contributed by atoms with van der Waals surface area (Å²) in [6.45, 7) is 1.40. The van der Waals surface area contributed by atoms with E-state index in [1.54, 1.807) is 7.11 Å². The largest absolute Gasteiger partial charge is 0.496 e. The fraction of sp³-hybridized carbons (Fsp3) is 0.588. The SMILES string of the molecule is COc1cccc2c1C1(CCOCC1)C(CC(=O)O)CC2. The van der Waals surface area contributed by atoms with E-state index in [-0.39, 0.29) is 17.8 Å². The molecule has 1 aromatic rings. The number of aliphatic carboxylic acids is 1. The monoisotopic (exact) mass is 290 g/mol. The number of benzene rings is 1. The van der Waals surface area contributed by atoms with Crippen LogP contribution in [0.15, 0.2) is 18.2 Å². The van der Waals surface area contributed by atoms with Gasteiger partial charge in [0.15, 0.2) is 0 Å². The van der Waals surface area contributed by atoms with Gasteiger partial charge in [-0.2, -0.15) is 0 Å². The average molecular weight is 290 g/mol. The Morgan fingerprint density at radius 2 is 2.19 bits per heavy atom. The van der Waals surface area contributed by atoms with E-state index in [1.165, 1.54) is 11.1 Å². The molecule has 0 radical (unpaired) electrons. The summed E-state index contributed by atoms with van der Waals surface area (Å²) in [6, 6.07) is 6.19. The van der Waals surface area contributed by atoms with Crippen molar-refractivity contribution in [1.82, 2.24) is 0 Å². The molecule has 0 saturated carbocycles. The quantitative estimate of drug-likeness (QED) is 0.930. The minimum Gasteiger partial charge on any atom is -0.496 e. The minimum absolute atomic E-state index is 0.100. The number of carboxylic acids is 1.